The molecular weight excluding hydrogens is 281 g/mol. The van der Waals surface area contributed by atoms with Crippen LogP contribution < -0.4 is 5.32 Å². The number of ether oxygens (including phenoxy) is 1. The molecule has 9 heteroatoms. The predicted octanol–water partition coefficient (Wildman–Crippen LogP) is 0.467. The van der Waals surface area contributed by atoms with E-state index in [1.807, 2.05) is 0 Å². The summed E-state index contributed by atoms with van der Waals surface area (Å²) in [6.45, 7) is 0.825. The SMILES string of the molecule is COC(=O)CCN(CCCNC(C)=O)C(=O)C(F)(F)F. The summed E-state index contributed by atoms with van der Waals surface area (Å²) in [6, 6.07) is 0. The van der Waals surface area contributed by atoms with Crippen LogP contribution in [0.1, 0.15) is 19.8 Å². The van der Waals surface area contributed by atoms with Gasteiger partial charge >= 0.3 is 18.1 Å². The molecular formula is C11H17F3N2O4. The number of amides is 2. The first kappa shape index (κ1) is 18.2. The van der Waals surface area contributed by atoms with Crippen LogP contribution in [0.3, 0.4) is 0 Å². The fourth-order valence-corrected chi connectivity index (χ4v) is 1.36. The number of hydrogen-bond acceptors (Lipinski definition) is 4. The minimum Gasteiger partial charge on any atom is -0.469 e. The van der Waals surface area contributed by atoms with Gasteiger partial charge in [0.2, 0.25) is 5.91 Å². The summed E-state index contributed by atoms with van der Waals surface area (Å²) in [7, 11) is 1.11. The van der Waals surface area contributed by atoms with Gasteiger partial charge in [0.25, 0.3) is 0 Å². The molecule has 20 heavy (non-hydrogen) atoms. The number of esters is 1. The highest BCUT2D eigenvalue weighted by molar-refractivity contribution is 5.82. The molecule has 0 aromatic carbocycles. The highest BCUT2D eigenvalue weighted by atomic mass is 19.4. The van der Waals surface area contributed by atoms with Crippen LogP contribution in [0, 0.1) is 0 Å². The lowest BCUT2D eigenvalue weighted by molar-refractivity contribution is -0.185. The van der Waals surface area contributed by atoms with Crippen molar-refractivity contribution >= 4 is 17.8 Å². The molecule has 0 aliphatic carbocycles. The molecule has 2 amide bonds. The summed E-state index contributed by atoms with van der Waals surface area (Å²) < 4.78 is 41.4. The molecule has 0 spiro atoms. The third kappa shape index (κ3) is 7.59. The molecule has 0 aliphatic rings. The zero-order valence-electron chi connectivity index (χ0n) is 11.2. The Bertz CT molecular complexity index is 358. The van der Waals surface area contributed by atoms with E-state index in [9.17, 15) is 27.6 Å². The number of nitrogens with zero attached hydrogens (tertiary/aromatic N) is 1. The Morgan fingerprint density at radius 2 is 1.80 bits per heavy atom. The molecule has 0 saturated heterocycles. The van der Waals surface area contributed by atoms with E-state index in [0.29, 0.717) is 4.90 Å². The van der Waals surface area contributed by atoms with E-state index in [-0.39, 0.29) is 38.4 Å². The summed E-state index contributed by atoms with van der Waals surface area (Å²) >= 11 is 0. The van der Waals surface area contributed by atoms with Crippen LogP contribution >= 0.6 is 0 Å². The van der Waals surface area contributed by atoms with E-state index in [1.165, 1.54) is 6.92 Å². The number of hydrogen-bond donors (Lipinski definition) is 1. The van der Waals surface area contributed by atoms with Crippen molar-refractivity contribution in [3.8, 4) is 0 Å². The van der Waals surface area contributed by atoms with Crippen LogP contribution in [0.15, 0.2) is 0 Å². The molecule has 1 N–H and O–H groups in total. The topological polar surface area (TPSA) is 75.7 Å². The largest absolute Gasteiger partial charge is 0.471 e. The van der Waals surface area contributed by atoms with Crippen LogP contribution in [0.5, 0.6) is 0 Å². The summed E-state index contributed by atoms with van der Waals surface area (Å²) in [5, 5.41) is 2.40. The van der Waals surface area contributed by atoms with Crippen molar-refractivity contribution in [2.45, 2.75) is 25.9 Å². The first-order valence-electron chi connectivity index (χ1n) is 5.85. The number of methoxy groups -OCH3 is 1. The van der Waals surface area contributed by atoms with E-state index < -0.39 is 18.1 Å². The monoisotopic (exact) mass is 298 g/mol. The van der Waals surface area contributed by atoms with Crippen molar-refractivity contribution < 1.29 is 32.3 Å². The minimum atomic E-state index is -5.00. The summed E-state index contributed by atoms with van der Waals surface area (Å²) in [4.78, 5) is 33.2. The van der Waals surface area contributed by atoms with Gasteiger partial charge in [-0.05, 0) is 6.42 Å². The summed E-state index contributed by atoms with van der Waals surface area (Å²) in [5.74, 6) is -3.02. The second-order valence-corrected chi connectivity index (χ2v) is 3.95. The van der Waals surface area contributed by atoms with Crippen LogP contribution in [0.2, 0.25) is 0 Å². The molecule has 6 nitrogen and oxygen atoms in total. The van der Waals surface area contributed by atoms with Crippen LogP contribution in [-0.4, -0.2) is 55.6 Å². The van der Waals surface area contributed by atoms with Crippen molar-refractivity contribution in [2.24, 2.45) is 0 Å². The zero-order valence-corrected chi connectivity index (χ0v) is 11.2. The van der Waals surface area contributed by atoms with Gasteiger partial charge in [0.1, 0.15) is 0 Å². The predicted molar refractivity (Wildman–Crippen MR) is 62.6 cm³/mol. The van der Waals surface area contributed by atoms with Gasteiger partial charge in [-0.1, -0.05) is 0 Å². The van der Waals surface area contributed by atoms with E-state index in [1.54, 1.807) is 0 Å². The van der Waals surface area contributed by atoms with Crippen molar-refractivity contribution in [1.82, 2.24) is 10.2 Å². The molecule has 0 aromatic heterocycles. The van der Waals surface area contributed by atoms with Crippen LogP contribution in [0.4, 0.5) is 13.2 Å². The molecule has 0 aliphatic heterocycles. The number of carbonyl (C=O) groups is 3. The normalized spacial score (nSPS) is 10.8. The fourth-order valence-electron chi connectivity index (χ4n) is 1.36. The third-order valence-electron chi connectivity index (χ3n) is 2.32. The Labute approximate surface area is 114 Å². The van der Waals surface area contributed by atoms with Gasteiger partial charge in [-0.25, -0.2) is 0 Å². The molecule has 0 saturated carbocycles. The van der Waals surface area contributed by atoms with Crippen molar-refractivity contribution in [1.29, 1.82) is 0 Å². The molecule has 0 aromatic rings. The smallest absolute Gasteiger partial charge is 0.469 e. The lowest BCUT2D eigenvalue weighted by Crippen LogP contribution is -2.43. The molecule has 0 bridgehead atoms. The molecule has 0 unspecified atom stereocenters. The van der Waals surface area contributed by atoms with Gasteiger partial charge in [-0.2, -0.15) is 13.2 Å². The lowest BCUT2D eigenvalue weighted by Gasteiger charge is -2.23. The first-order chi connectivity index (χ1) is 9.18. The molecule has 116 valence electrons. The van der Waals surface area contributed by atoms with E-state index in [0.717, 1.165) is 7.11 Å². The molecule has 0 atom stereocenters. The second-order valence-electron chi connectivity index (χ2n) is 3.95. The Hall–Kier alpha value is -1.80. The van der Waals surface area contributed by atoms with Crippen molar-refractivity contribution in [3.05, 3.63) is 0 Å². The molecule has 0 fully saturated rings. The minimum absolute atomic E-state index is 0.148. The standard InChI is InChI=1S/C11H17F3N2O4/c1-8(17)15-5-3-6-16(7-4-9(18)20-2)10(19)11(12,13)14/h3-7H2,1-2H3,(H,15,17). The quantitative estimate of drug-likeness (QED) is 0.547. The number of rotatable bonds is 7. The highest BCUT2D eigenvalue weighted by Gasteiger charge is 2.42. The Morgan fingerprint density at radius 3 is 2.25 bits per heavy atom. The third-order valence-corrected chi connectivity index (χ3v) is 2.32. The van der Waals surface area contributed by atoms with E-state index >= 15 is 0 Å². The van der Waals surface area contributed by atoms with Crippen molar-refractivity contribution in [3.63, 3.8) is 0 Å². The van der Waals surface area contributed by atoms with Gasteiger partial charge < -0.3 is 15.0 Å². The van der Waals surface area contributed by atoms with Gasteiger partial charge in [0.15, 0.2) is 0 Å². The van der Waals surface area contributed by atoms with Gasteiger partial charge in [0, 0.05) is 26.6 Å². The number of nitrogens with one attached hydrogen (secondary N) is 1. The molecule has 0 rings (SSSR count). The number of carbonyl (C=O) groups excluding carboxylic acids is 3. The fraction of sp³-hybridized carbons (Fsp3) is 0.727. The van der Waals surface area contributed by atoms with Gasteiger partial charge in [0.05, 0.1) is 13.5 Å². The first-order valence-corrected chi connectivity index (χ1v) is 5.85. The average molecular weight is 298 g/mol. The van der Waals surface area contributed by atoms with E-state index in [2.05, 4.69) is 10.1 Å². The van der Waals surface area contributed by atoms with Gasteiger partial charge in [-0.3, -0.25) is 14.4 Å². The number of alkyl halides is 3. The van der Waals surface area contributed by atoms with Crippen LogP contribution in [-0.2, 0) is 19.1 Å². The molecule has 0 radical (unpaired) electrons. The molecule has 0 heterocycles. The number of halogens is 3. The van der Waals surface area contributed by atoms with Gasteiger partial charge in [-0.15, -0.1) is 0 Å². The van der Waals surface area contributed by atoms with Crippen molar-refractivity contribution in [2.75, 3.05) is 26.7 Å². The average Bonchev–Trinajstić information content (AvgIpc) is 2.35. The lowest BCUT2D eigenvalue weighted by atomic mass is 10.3. The van der Waals surface area contributed by atoms with E-state index in [4.69, 9.17) is 0 Å². The Balaban J connectivity index is 4.43. The zero-order chi connectivity index (χ0) is 15.8. The maximum Gasteiger partial charge on any atom is 0.471 e. The Kier molecular flexibility index (Phi) is 7.63. The maximum atomic E-state index is 12.4. The summed E-state index contributed by atoms with van der Waals surface area (Å²) in [5.41, 5.74) is 0. The van der Waals surface area contributed by atoms with Crippen LogP contribution in [0.25, 0.3) is 0 Å². The highest BCUT2D eigenvalue weighted by Crippen LogP contribution is 2.18. The Morgan fingerprint density at radius 1 is 1.20 bits per heavy atom. The maximum absolute atomic E-state index is 12.4. The second kappa shape index (κ2) is 8.39. The summed E-state index contributed by atoms with van der Waals surface area (Å²) in [6.07, 6.45) is -5.16.